The standard InChI is InChI=1S/C22H22ClFN6O3/c23-17-10-25-11-18(24)20(17)28-7-5-27(6-8-28)12-14-1-2-16-15(9-14)13-30(21(16)32)29-4-3-19(31)26-22(29)33/h1-2,9-11H,3-8,12-13H2,(H,26,31,33). The van der Waals surface area contributed by atoms with Crippen LogP contribution < -0.4 is 10.2 Å². The summed E-state index contributed by atoms with van der Waals surface area (Å²) in [5.74, 6) is -1.00. The first-order valence-corrected chi connectivity index (χ1v) is 11.1. The van der Waals surface area contributed by atoms with E-state index >= 15 is 0 Å². The average Bonchev–Trinajstić information content (AvgIpc) is 3.10. The normalized spacial score (nSPS) is 19.2. The highest BCUT2D eigenvalue weighted by Crippen LogP contribution is 2.30. The van der Waals surface area contributed by atoms with E-state index in [0.717, 1.165) is 24.2 Å². The summed E-state index contributed by atoms with van der Waals surface area (Å²) in [6, 6.07) is 5.14. The van der Waals surface area contributed by atoms with Gasteiger partial charge in [-0.3, -0.25) is 24.8 Å². The van der Waals surface area contributed by atoms with Gasteiger partial charge in [-0.05, 0) is 17.2 Å². The third kappa shape index (κ3) is 4.11. The van der Waals surface area contributed by atoms with Crippen molar-refractivity contribution in [3.05, 3.63) is 58.1 Å². The number of piperazine rings is 1. The SMILES string of the molecule is O=C1CCN(N2Cc3cc(CN4CCN(c5c(F)cncc5Cl)CC4)ccc3C2=O)C(=O)N1. The third-order valence-electron chi connectivity index (χ3n) is 6.20. The van der Waals surface area contributed by atoms with Gasteiger partial charge in [-0.15, -0.1) is 0 Å². The number of hydrogen-bond donors (Lipinski definition) is 1. The van der Waals surface area contributed by atoms with Crippen LogP contribution in [0.2, 0.25) is 5.02 Å². The van der Waals surface area contributed by atoms with Crippen LogP contribution >= 0.6 is 11.6 Å². The molecule has 1 aromatic carbocycles. The Labute approximate surface area is 194 Å². The van der Waals surface area contributed by atoms with Crippen LogP contribution in [-0.4, -0.2) is 70.5 Å². The Hall–Kier alpha value is -3.24. The van der Waals surface area contributed by atoms with Crippen LogP contribution in [0.1, 0.15) is 27.9 Å². The lowest BCUT2D eigenvalue weighted by molar-refractivity contribution is -0.123. The van der Waals surface area contributed by atoms with Crippen molar-refractivity contribution in [2.45, 2.75) is 19.5 Å². The first-order valence-electron chi connectivity index (χ1n) is 10.7. The second-order valence-corrected chi connectivity index (χ2v) is 8.70. The predicted octanol–water partition coefficient (Wildman–Crippen LogP) is 2.01. The summed E-state index contributed by atoms with van der Waals surface area (Å²) in [5, 5.41) is 5.25. The zero-order valence-corrected chi connectivity index (χ0v) is 18.5. The molecular weight excluding hydrogens is 451 g/mol. The van der Waals surface area contributed by atoms with Gasteiger partial charge in [-0.1, -0.05) is 23.7 Å². The predicted molar refractivity (Wildman–Crippen MR) is 118 cm³/mol. The fraction of sp³-hybridized carbons (Fsp3) is 0.364. The maximum absolute atomic E-state index is 14.2. The number of benzene rings is 1. The van der Waals surface area contributed by atoms with E-state index < -0.39 is 11.8 Å². The molecule has 1 N–H and O–H groups in total. The second-order valence-electron chi connectivity index (χ2n) is 8.30. The minimum absolute atomic E-state index is 0.164. The molecule has 1 aromatic heterocycles. The molecule has 2 aromatic rings. The quantitative estimate of drug-likeness (QED) is 0.732. The van der Waals surface area contributed by atoms with Gasteiger partial charge in [0.15, 0.2) is 5.82 Å². The summed E-state index contributed by atoms with van der Waals surface area (Å²) in [5.41, 5.74) is 2.87. The Morgan fingerprint density at radius 1 is 1.03 bits per heavy atom. The van der Waals surface area contributed by atoms with Crippen molar-refractivity contribution in [3.8, 4) is 0 Å². The number of carbonyl (C=O) groups is 3. The molecule has 2 fully saturated rings. The van der Waals surface area contributed by atoms with Gasteiger partial charge in [-0.25, -0.2) is 19.2 Å². The van der Waals surface area contributed by atoms with Gasteiger partial charge < -0.3 is 4.90 Å². The summed E-state index contributed by atoms with van der Waals surface area (Å²) in [4.78, 5) is 44.3. The third-order valence-corrected chi connectivity index (χ3v) is 6.48. The number of carbonyl (C=O) groups excluding carboxylic acids is 3. The number of anilines is 1. The van der Waals surface area contributed by atoms with Gasteiger partial charge in [0.25, 0.3) is 5.91 Å². The number of amides is 4. The Balaban J connectivity index is 1.23. The molecule has 0 radical (unpaired) electrons. The lowest BCUT2D eigenvalue weighted by atomic mass is 10.1. The molecule has 172 valence electrons. The summed E-state index contributed by atoms with van der Waals surface area (Å²) < 4.78 is 14.2. The molecule has 5 rings (SSSR count). The van der Waals surface area contributed by atoms with Crippen LogP contribution in [-0.2, 0) is 17.9 Å². The van der Waals surface area contributed by atoms with E-state index in [4.69, 9.17) is 11.6 Å². The van der Waals surface area contributed by atoms with Gasteiger partial charge in [0.1, 0.15) is 0 Å². The number of aromatic nitrogens is 1. The lowest BCUT2D eigenvalue weighted by Gasteiger charge is -2.36. The maximum atomic E-state index is 14.2. The van der Waals surface area contributed by atoms with Crippen LogP contribution in [0.5, 0.6) is 0 Å². The van der Waals surface area contributed by atoms with Crippen molar-refractivity contribution in [3.63, 3.8) is 0 Å². The van der Waals surface area contributed by atoms with Crippen LogP contribution in [0.25, 0.3) is 0 Å². The van der Waals surface area contributed by atoms with E-state index in [1.165, 1.54) is 22.4 Å². The summed E-state index contributed by atoms with van der Waals surface area (Å²) in [6.45, 7) is 3.92. The molecule has 0 atom stereocenters. The van der Waals surface area contributed by atoms with Crippen molar-refractivity contribution in [2.75, 3.05) is 37.6 Å². The van der Waals surface area contributed by atoms with Crippen LogP contribution in [0, 0.1) is 5.82 Å². The van der Waals surface area contributed by atoms with E-state index in [0.29, 0.717) is 35.9 Å². The first-order chi connectivity index (χ1) is 15.9. The number of hydrogen-bond acceptors (Lipinski definition) is 6. The minimum atomic E-state index is -0.573. The highest BCUT2D eigenvalue weighted by molar-refractivity contribution is 6.33. The van der Waals surface area contributed by atoms with E-state index in [1.54, 1.807) is 6.07 Å². The summed E-state index contributed by atoms with van der Waals surface area (Å²) in [6.07, 6.45) is 2.79. The topological polar surface area (TPSA) is 89.1 Å². The lowest BCUT2D eigenvalue weighted by Crippen LogP contribution is -2.56. The van der Waals surface area contributed by atoms with E-state index in [2.05, 4.69) is 15.2 Å². The molecule has 3 aliphatic heterocycles. The van der Waals surface area contributed by atoms with Crippen LogP contribution in [0.3, 0.4) is 0 Å². The Bertz CT molecular complexity index is 1120. The van der Waals surface area contributed by atoms with Gasteiger partial charge >= 0.3 is 6.03 Å². The summed E-state index contributed by atoms with van der Waals surface area (Å²) >= 11 is 6.14. The van der Waals surface area contributed by atoms with Gasteiger partial charge in [0.05, 0.1) is 30.0 Å². The van der Waals surface area contributed by atoms with Crippen molar-refractivity contribution in [1.82, 2.24) is 25.2 Å². The van der Waals surface area contributed by atoms with Crippen LogP contribution in [0.15, 0.2) is 30.6 Å². The van der Waals surface area contributed by atoms with Gasteiger partial charge in [0, 0.05) is 50.9 Å². The number of rotatable bonds is 4. The minimum Gasteiger partial charge on any atom is -0.365 e. The van der Waals surface area contributed by atoms with E-state index in [-0.39, 0.29) is 31.3 Å². The highest BCUT2D eigenvalue weighted by Gasteiger charge is 2.37. The Kier molecular flexibility index (Phi) is 5.63. The zero-order chi connectivity index (χ0) is 23.1. The van der Waals surface area contributed by atoms with E-state index in [1.807, 2.05) is 17.0 Å². The van der Waals surface area contributed by atoms with E-state index in [9.17, 15) is 18.8 Å². The first kappa shape index (κ1) is 21.6. The molecule has 3 aliphatic rings. The molecule has 0 saturated carbocycles. The average molecular weight is 473 g/mol. The molecule has 4 amide bonds. The molecule has 2 saturated heterocycles. The molecule has 4 heterocycles. The molecule has 33 heavy (non-hydrogen) atoms. The molecule has 11 heteroatoms. The molecule has 0 spiro atoms. The van der Waals surface area contributed by atoms with Crippen LogP contribution in [0.4, 0.5) is 14.9 Å². The molecule has 9 nitrogen and oxygen atoms in total. The molecule has 0 aliphatic carbocycles. The number of imide groups is 1. The molecule has 0 unspecified atom stereocenters. The number of urea groups is 1. The number of halogens is 2. The Morgan fingerprint density at radius 2 is 1.82 bits per heavy atom. The molecular formula is C22H22ClFN6O3. The second kappa shape index (κ2) is 8.60. The van der Waals surface area contributed by atoms with Crippen molar-refractivity contribution in [1.29, 1.82) is 0 Å². The number of nitrogens with one attached hydrogen (secondary N) is 1. The van der Waals surface area contributed by atoms with Crippen molar-refractivity contribution < 1.29 is 18.8 Å². The number of hydrazine groups is 1. The van der Waals surface area contributed by atoms with Gasteiger partial charge in [0.2, 0.25) is 5.91 Å². The smallest absolute Gasteiger partial charge is 0.342 e. The fourth-order valence-electron chi connectivity index (χ4n) is 4.53. The summed E-state index contributed by atoms with van der Waals surface area (Å²) in [7, 11) is 0. The largest absolute Gasteiger partial charge is 0.365 e. The van der Waals surface area contributed by atoms with Gasteiger partial charge in [-0.2, -0.15) is 0 Å². The molecule has 0 bridgehead atoms. The maximum Gasteiger partial charge on any atom is 0.342 e. The van der Waals surface area contributed by atoms with Crippen molar-refractivity contribution in [2.24, 2.45) is 0 Å². The highest BCUT2D eigenvalue weighted by atomic mass is 35.5. The van der Waals surface area contributed by atoms with Crippen molar-refractivity contribution >= 4 is 35.1 Å². The number of fused-ring (bicyclic) bond motifs is 1. The Morgan fingerprint density at radius 3 is 2.55 bits per heavy atom. The zero-order valence-electron chi connectivity index (χ0n) is 17.8. The number of pyridine rings is 1. The monoisotopic (exact) mass is 472 g/mol. The fourth-order valence-corrected chi connectivity index (χ4v) is 4.80. The number of nitrogens with zero attached hydrogens (tertiary/aromatic N) is 5.